The summed E-state index contributed by atoms with van der Waals surface area (Å²) in [7, 11) is 0. The standard InChI is InChI=1S/C21H23N3O3/c1-13(2)18-19(25)23-21(26)24(12-16-5-7-22-8-6-16)20(18)27-17-10-14(3)9-15(4)11-17/h5-11,13H,12H2,1-4H3,(H,23,25,26). The Labute approximate surface area is 157 Å². The number of nitrogens with one attached hydrogen (secondary N) is 1. The van der Waals surface area contributed by atoms with E-state index in [1.165, 1.54) is 4.57 Å². The van der Waals surface area contributed by atoms with E-state index in [-0.39, 0.29) is 18.3 Å². The van der Waals surface area contributed by atoms with E-state index in [0.717, 1.165) is 16.7 Å². The predicted octanol–water partition coefficient (Wildman–Crippen LogP) is 3.51. The molecule has 3 aromatic rings. The summed E-state index contributed by atoms with van der Waals surface area (Å²) >= 11 is 0. The van der Waals surface area contributed by atoms with Crippen molar-refractivity contribution < 1.29 is 4.74 Å². The second-order valence-corrected chi connectivity index (χ2v) is 7.00. The van der Waals surface area contributed by atoms with Gasteiger partial charge in [-0.25, -0.2) is 4.79 Å². The first-order valence-electron chi connectivity index (χ1n) is 8.87. The number of benzene rings is 1. The van der Waals surface area contributed by atoms with E-state index in [2.05, 4.69) is 9.97 Å². The number of aromatic amines is 1. The number of aryl methyl sites for hydroxylation is 2. The lowest BCUT2D eigenvalue weighted by Gasteiger charge is -2.18. The summed E-state index contributed by atoms with van der Waals surface area (Å²) in [5, 5.41) is 0. The van der Waals surface area contributed by atoms with Crippen LogP contribution in [0, 0.1) is 13.8 Å². The molecule has 140 valence electrons. The molecule has 1 aromatic carbocycles. The van der Waals surface area contributed by atoms with Crippen LogP contribution < -0.4 is 16.0 Å². The van der Waals surface area contributed by atoms with Crippen LogP contribution in [0.4, 0.5) is 0 Å². The van der Waals surface area contributed by atoms with E-state index in [1.54, 1.807) is 12.4 Å². The van der Waals surface area contributed by atoms with E-state index in [4.69, 9.17) is 4.74 Å². The lowest BCUT2D eigenvalue weighted by atomic mass is 10.1. The molecule has 0 aliphatic carbocycles. The molecule has 0 unspecified atom stereocenters. The van der Waals surface area contributed by atoms with Gasteiger partial charge in [-0.3, -0.25) is 19.3 Å². The number of rotatable bonds is 5. The lowest BCUT2D eigenvalue weighted by molar-refractivity contribution is 0.410. The first-order chi connectivity index (χ1) is 12.8. The molecule has 0 saturated carbocycles. The van der Waals surface area contributed by atoms with Crippen LogP contribution in [0.25, 0.3) is 0 Å². The van der Waals surface area contributed by atoms with E-state index in [9.17, 15) is 9.59 Å². The molecule has 3 rings (SSSR count). The summed E-state index contributed by atoms with van der Waals surface area (Å²) in [6.45, 7) is 8.04. The third-order valence-electron chi connectivity index (χ3n) is 4.26. The van der Waals surface area contributed by atoms with Crippen LogP contribution in [0.1, 0.15) is 42.0 Å². The molecule has 0 amide bonds. The molecule has 0 spiro atoms. The molecule has 6 nitrogen and oxygen atoms in total. The second kappa shape index (κ2) is 7.61. The van der Waals surface area contributed by atoms with E-state index in [1.807, 2.05) is 58.0 Å². The zero-order valence-electron chi connectivity index (χ0n) is 15.9. The number of hydrogen-bond acceptors (Lipinski definition) is 4. The summed E-state index contributed by atoms with van der Waals surface area (Å²) < 4.78 is 7.59. The van der Waals surface area contributed by atoms with Crippen molar-refractivity contribution >= 4 is 0 Å². The van der Waals surface area contributed by atoms with Crippen LogP contribution in [-0.2, 0) is 6.54 Å². The average molecular weight is 365 g/mol. The second-order valence-electron chi connectivity index (χ2n) is 7.00. The minimum absolute atomic E-state index is 0.112. The third-order valence-corrected chi connectivity index (χ3v) is 4.26. The van der Waals surface area contributed by atoms with Gasteiger partial charge in [-0.15, -0.1) is 0 Å². The fraction of sp³-hybridized carbons (Fsp3) is 0.286. The first-order valence-corrected chi connectivity index (χ1v) is 8.87. The molecule has 0 saturated heterocycles. The first kappa shape index (κ1) is 18.6. The molecule has 1 N–H and O–H groups in total. The number of nitrogens with zero attached hydrogens (tertiary/aromatic N) is 2. The van der Waals surface area contributed by atoms with Crippen LogP contribution in [0.15, 0.2) is 52.3 Å². The Morgan fingerprint density at radius 1 is 1.07 bits per heavy atom. The monoisotopic (exact) mass is 365 g/mol. The zero-order valence-corrected chi connectivity index (χ0v) is 15.9. The molecule has 0 radical (unpaired) electrons. The van der Waals surface area contributed by atoms with E-state index < -0.39 is 11.2 Å². The van der Waals surface area contributed by atoms with E-state index >= 15 is 0 Å². The highest BCUT2D eigenvalue weighted by Gasteiger charge is 2.20. The van der Waals surface area contributed by atoms with Crippen LogP contribution in [0.2, 0.25) is 0 Å². The largest absolute Gasteiger partial charge is 0.440 e. The Kier molecular flexibility index (Phi) is 5.26. The van der Waals surface area contributed by atoms with Crippen molar-refractivity contribution in [3.63, 3.8) is 0 Å². The number of hydrogen-bond donors (Lipinski definition) is 1. The number of H-pyrrole nitrogens is 1. The maximum Gasteiger partial charge on any atom is 0.331 e. The smallest absolute Gasteiger partial charge is 0.331 e. The number of ether oxygens (including phenoxy) is 1. The number of aromatic nitrogens is 3. The average Bonchev–Trinajstić information content (AvgIpc) is 2.58. The minimum Gasteiger partial charge on any atom is -0.440 e. The highest BCUT2D eigenvalue weighted by molar-refractivity contribution is 5.38. The van der Waals surface area contributed by atoms with E-state index in [0.29, 0.717) is 11.3 Å². The molecule has 0 bridgehead atoms. The summed E-state index contributed by atoms with van der Waals surface area (Å²) in [6, 6.07) is 9.47. The summed E-state index contributed by atoms with van der Waals surface area (Å²) in [4.78, 5) is 31.5. The third kappa shape index (κ3) is 4.16. The van der Waals surface area contributed by atoms with Gasteiger partial charge in [0.1, 0.15) is 5.75 Å². The molecule has 2 heterocycles. The zero-order chi connectivity index (χ0) is 19.6. The maximum atomic E-state index is 12.6. The molecular weight excluding hydrogens is 342 g/mol. The van der Waals surface area contributed by atoms with Crippen molar-refractivity contribution in [1.82, 2.24) is 14.5 Å². The highest BCUT2D eigenvalue weighted by Crippen LogP contribution is 2.28. The van der Waals surface area contributed by atoms with Crippen LogP contribution in [-0.4, -0.2) is 14.5 Å². The van der Waals surface area contributed by atoms with Crippen molar-refractivity contribution in [2.45, 2.75) is 40.2 Å². The lowest BCUT2D eigenvalue weighted by Crippen LogP contribution is -2.34. The molecule has 6 heteroatoms. The predicted molar refractivity (Wildman–Crippen MR) is 105 cm³/mol. The SMILES string of the molecule is Cc1cc(C)cc(Oc2c(C(C)C)c(=O)[nH]c(=O)n2Cc2ccncc2)c1. The molecule has 0 aliphatic heterocycles. The van der Waals surface area contributed by atoms with Crippen LogP contribution in [0.3, 0.4) is 0 Å². The Hall–Kier alpha value is -3.15. The minimum atomic E-state index is -0.499. The van der Waals surface area contributed by atoms with Gasteiger partial charge >= 0.3 is 5.69 Å². The Morgan fingerprint density at radius 2 is 1.70 bits per heavy atom. The van der Waals surface area contributed by atoms with Crippen LogP contribution >= 0.6 is 0 Å². The summed E-state index contributed by atoms with van der Waals surface area (Å²) in [5.41, 5.74) is 2.51. The Morgan fingerprint density at radius 3 is 2.30 bits per heavy atom. The highest BCUT2D eigenvalue weighted by atomic mass is 16.5. The van der Waals surface area contributed by atoms with Crippen LogP contribution in [0.5, 0.6) is 11.6 Å². The van der Waals surface area contributed by atoms with Gasteiger partial charge < -0.3 is 4.74 Å². The molecule has 0 aliphatic rings. The van der Waals surface area contributed by atoms with Crippen molar-refractivity contribution in [2.24, 2.45) is 0 Å². The molecule has 0 atom stereocenters. The van der Waals surface area contributed by atoms with Gasteiger partial charge in [0.05, 0.1) is 12.1 Å². The Bertz CT molecular complexity index is 1050. The van der Waals surface area contributed by atoms with Crippen molar-refractivity contribution in [3.8, 4) is 11.6 Å². The maximum absolute atomic E-state index is 12.6. The molecule has 27 heavy (non-hydrogen) atoms. The van der Waals surface area contributed by atoms with Gasteiger partial charge in [0, 0.05) is 12.4 Å². The van der Waals surface area contributed by atoms with Gasteiger partial charge in [-0.2, -0.15) is 0 Å². The normalized spacial score (nSPS) is 11.0. The number of pyridine rings is 1. The van der Waals surface area contributed by atoms with Crippen molar-refractivity contribution in [3.05, 3.63) is 85.8 Å². The molecule has 2 aromatic heterocycles. The van der Waals surface area contributed by atoms with Gasteiger partial charge in [0.25, 0.3) is 5.56 Å². The molecular formula is C21H23N3O3. The van der Waals surface area contributed by atoms with Gasteiger partial charge in [-0.05, 0) is 60.7 Å². The summed E-state index contributed by atoms with van der Waals surface area (Å²) in [6.07, 6.45) is 3.33. The fourth-order valence-electron chi connectivity index (χ4n) is 3.10. The fourth-order valence-corrected chi connectivity index (χ4v) is 3.10. The van der Waals surface area contributed by atoms with Gasteiger partial charge in [-0.1, -0.05) is 19.9 Å². The van der Waals surface area contributed by atoms with Gasteiger partial charge in [0.2, 0.25) is 5.88 Å². The quantitative estimate of drug-likeness (QED) is 0.751. The summed E-state index contributed by atoms with van der Waals surface area (Å²) in [5.74, 6) is 0.766. The van der Waals surface area contributed by atoms with Gasteiger partial charge in [0.15, 0.2) is 0 Å². The van der Waals surface area contributed by atoms with Crippen molar-refractivity contribution in [2.75, 3.05) is 0 Å². The molecule has 0 fully saturated rings. The van der Waals surface area contributed by atoms with Crippen molar-refractivity contribution in [1.29, 1.82) is 0 Å². The Balaban J connectivity index is 2.18. The topological polar surface area (TPSA) is 77.0 Å².